The third kappa shape index (κ3) is 8.01. The number of hydrogen-bond donors (Lipinski definition) is 3. The van der Waals surface area contributed by atoms with E-state index in [1.807, 2.05) is 0 Å². The van der Waals surface area contributed by atoms with Crippen molar-refractivity contribution in [3.8, 4) is 5.88 Å². The number of rotatable bonds is 10. The monoisotopic (exact) mass is 723 g/mol. The predicted molar refractivity (Wildman–Crippen MR) is 164 cm³/mol. The maximum atomic E-state index is 13.2. The molecule has 1 aliphatic carbocycles. The van der Waals surface area contributed by atoms with Gasteiger partial charge in [-0.05, 0) is 60.4 Å². The standard InChI is InChI=1S/C29H25Cl3F5N5O3S/c30-18-6-1-13(11-38-27(44)24-19(31)7-8-46-24)23(32)16(18)10-22-40-20-9-17(28(42-25(20)41-22)45-12-21(33)34)26(43)39-15-4-2-14(3-5-15)29(35,36)37/h1,6-9,14-15,21H,2-5,10-12H2,(H,38,44)(H,39,43)(H,40,41,42). The fraction of sp³-hybridized carbons (Fsp3) is 0.379. The molecule has 0 radical (unpaired) electrons. The second-order valence-electron chi connectivity index (χ2n) is 10.6. The normalized spacial score (nSPS) is 17.0. The molecule has 17 heteroatoms. The summed E-state index contributed by atoms with van der Waals surface area (Å²) in [6, 6.07) is 5.70. The summed E-state index contributed by atoms with van der Waals surface area (Å²) in [7, 11) is 0. The SMILES string of the molecule is O=C(NC1CCC(C(F)(F)F)CC1)c1cc2[nH]c(Cc3c(Cl)ccc(CNC(=O)c4sccc4Cl)c3Cl)nc2nc1OCC(F)F. The summed E-state index contributed by atoms with van der Waals surface area (Å²) in [4.78, 5) is 37.7. The zero-order valence-electron chi connectivity index (χ0n) is 23.6. The first kappa shape index (κ1) is 34.1. The lowest BCUT2D eigenvalue weighted by Crippen LogP contribution is -2.40. The van der Waals surface area contributed by atoms with Gasteiger partial charge in [0.15, 0.2) is 12.3 Å². The largest absolute Gasteiger partial charge is 0.471 e. The van der Waals surface area contributed by atoms with Crippen LogP contribution >= 0.6 is 46.1 Å². The fourth-order valence-electron chi connectivity index (χ4n) is 5.13. The molecular weight excluding hydrogens is 700 g/mol. The van der Waals surface area contributed by atoms with E-state index in [0.717, 1.165) is 0 Å². The van der Waals surface area contributed by atoms with Crippen LogP contribution in [0.3, 0.4) is 0 Å². The Morgan fingerprint density at radius 1 is 1.04 bits per heavy atom. The van der Waals surface area contributed by atoms with E-state index >= 15 is 0 Å². The number of amides is 2. The highest BCUT2D eigenvalue weighted by Crippen LogP contribution is 2.38. The van der Waals surface area contributed by atoms with E-state index in [0.29, 0.717) is 31.9 Å². The van der Waals surface area contributed by atoms with E-state index in [2.05, 4.69) is 25.6 Å². The Morgan fingerprint density at radius 2 is 1.78 bits per heavy atom. The number of nitrogens with one attached hydrogen (secondary N) is 3. The van der Waals surface area contributed by atoms with Crippen molar-refractivity contribution in [3.63, 3.8) is 0 Å². The van der Waals surface area contributed by atoms with E-state index in [1.165, 1.54) is 17.4 Å². The van der Waals surface area contributed by atoms with Crippen LogP contribution in [-0.4, -0.2) is 52.0 Å². The van der Waals surface area contributed by atoms with Gasteiger partial charge < -0.3 is 20.4 Å². The van der Waals surface area contributed by atoms with Gasteiger partial charge in [0.2, 0.25) is 5.88 Å². The molecule has 46 heavy (non-hydrogen) atoms. The smallest absolute Gasteiger partial charge is 0.391 e. The van der Waals surface area contributed by atoms with Crippen molar-refractivity contribution in [1.82, 2.24) is 25.6 Å². The van der Waals surface area contributed by atoms with Crippen molar-refractivity contribution in [2.45, 2.75) is 57.3 Å². The van der Waals surface area contributed by atoms with Crippen molar-refractivity contribution >= 4 is 69.1 Å². The van der Waals surface area contributed by atoms with Gasteiger partial charge in [0.05, 0.1) is 21.5 Å². The van der Waals surface area contributed by atoms with E-state index in [4.69, 9.17) is 39.5 Å². The predicted octanol–water partition coefficient (Wildman–Crippen LogP) is 8.00. The van der Waals surface area contributed by atoms with Crippen molar-refractivity contribution in [2.75, 3.05) is 6.61 Å². The summed E-state index contributed by atoms with van der Waals surface area (Å²) >= 11 is 20.4. The van der Waals surface area contributed by atoms with Crippen LogP contribution in [0.4, 0.5) is 22.0 Å². The number of carbonyl (C=O) groups excluding carboxylic acids is 2. The number of carbonyl (C=O) groups is 2. The van der Waals surface area contributed by atoms with Gasteiger partial charge >= 0.3 is 6.18 Å². The Morgan fingerprint density at radius 3 is 2.43 bits per heavy atom. The molecule has 246 valence electrons. The average Bonchev–Trinajstić information content (AvgIpc) is 3.61. The number of aromatic amines is 1. The van der Waals surface area contributed by atoms with Crippen LogP contribution in [0.25, 0.3) is 11.2 Å². The number of fused-ring (bicyclic) bond motifs is 1. The summed E-state index contributed by atoms with van der Waals surface area (Å²) in [5.74, 6) is -2.60. The van der Waals surface area contributed by atoms with Crippen molar-refractivity contribution in [2.24, 2.45) is 5.92 Å². The molecule has 0 spiro atoms. The van der Waals surface area contributed by atoms with Crippen LogP contribution in [0.15, 0.2) is 29.6 Å². The minimum Gasteiger partial charge on any atom is -0.471 e. The number of nitrogens with zero attached hydrogens (tertiary/aromatic N) is 2. The molecule has 8 nitrogen and oxygen atoms in total. The number of hydrogen-bond acceptors (Lipinski definition) is 6. The lowest BCUT2D eigenvalue weighted by molar-refractivity contribution is -0.182. The van der Waals surface area contributed by atoms with E-state index in [1.54, 1.807) is 23.6 Å². The van der Waals surface area contributed by atoms with Gasteiger partial charge in [-0.2, -0.15) is 18.2 Å². The number of imidazole rings is 1. The van der Waals surface area contributed by atoms with E-state index in [-0.39, 0.29) is 66.3 Å². The van der Waals surface area contributed by atoms with Gasteiger partial charge in [0.1, 0.15) is 16.3 Å². The summed E-state index contributed by atoms with van der Waals surface area (Å²) < 4.78 is 70.3. The van der Waals surface area contributed by atoms with Gasteiger partial charge in [-0.1, -0.05) is 40.9 Å². The highest BCUT2D eigenvalue weighted by atomic mass is 35.5. The first-order valence-electron chi connectivity index (χ1n) is 13.9. The lowest BCUT2D eigenvalue weighted by Gasteiger charge is -2.30. The van der Waals surface area contributed by atoms with E-state index in [9.17, 15) is 31.5 Å². The number of pyridine rings is 1. The van der Waals surface area contributed by atoms with Crippen LogP contribution in [0.5, 0.6) is 5.88 Å². The quantitative estimate of drug-likeness (QED) is 0.144. The summed E-state index contributed by atoms with van der Waals surface area (Å²) in [5.41, 5.74) is 1.20. The Balaban J connectivity index is 1.35. The number of ether oxygens (including phenoxy) is 1. The molecule has 5 rings (SSSR count). The van der Waals surface area contributed by atoms with Crippen molar-refractivity contribution in [1.29, 1.82) is 0 Å². The van der Waals surface area contributed by atoms with E-state index < -0.39 is 43.0 Å². The van der Waals surface area contributed by atoms with Gasteiger partial charge in [-0.15, -0.1) is 11.3 Å². The highest BCUT2D eigenvalue weighted by Gasteiger charge is 2.41. The number of H-pyrrole nitrogens is 1. The van der Waals surface area contributed by atoms with Crippen molar-refractivity contribution < 1.29 is 36.3 Å². The van der Waals surface area contributed by atoms with Crippen molar-refractivity contribution in [3.05, 3.63) is 72.1 Å². The van der Waals surface area contributed by atoms with Gasteiger partial charge in [0.25, 0.3) is 18.2 Å². The maximum absolute atomic E-state index is 13.2. The Bertz CT molecular complexity index is 1740. The molecule has 1 aliphatic rings. The van der Waals surface area contributed by atoms with Gasteiger partial charge in [0, 0.05) is 24.0 Å². The second-order valence-corrected chi connectivity index (χ2v) is 12.7. The molecule has 0 atom stereocenters. The molecule has 0 bridgehead atoms. The first-order chi connectivity index (χ1) is 21.8. The number of alkyl halides is 5. The zero-order chi connectivity index (χ0) is 33.2. The number of aromatic nitrogens is 3. The molecule has 4 aromatic rings. The zero-order valence-corrected chi connectivity index (χ0v) is 26.7. The molecular formula is C29H25Cl3F5N5O3S. The minimum atomic E-state index is -4.30. The number of thiophene rings is 1. The van der Waals surface area contributed by atoms with Crippen LogP contribution in [0, 0.1) is 5.92 Å². The molecule has 0 saturated heterocycles. The Labute approximate surface area is 278 Å². The third-order valence-electron chi connectivity index (χ3n) is 7.48. The molecule has 0 aliphatic heterocycles. The maximum Gasteiger partial charge on any atom is 0.391 e. The molecule has 1 fully saturated rings. The van der Waals surface area contributed by atoms with Crippen LogP contribution in [0.1, 0.15) is 62.7 Å². The molecule has 3 heterocycles. The summed E-state index contributed by atoms with van der Waals surface area (Å²) in [6.07, 6.45) is -7.13. The van der Waals surface area contributed by atoms with Crippen LogP contribution < -0.4 is 15.4 Å². The van der Waals surface area contributed by atoms with Gasteiger partial charge in [-0.25, -0.2) is 13.8 Å². The summed E-state index contributed by atoms with van der Waals surface area (Å²) in [6.45, 7) is -0.959. The molecule has 0 unspecified atom stereocenters. The topological polar surface area (TPSA) is 109 Å². The average molecular weight is 725 g/mol. The highest BCUT2D eigenvalue weighted by molar-refractivity contribution is 7.12. The van der Waals surface area contributed by atoms with Crippen LogP contribution in [-0.2, 0) is 13.0 Å². The van der Waals surface area contributed by atoms with Crippen LogP contribution in [0.2, 0.25) is 15.1 Å². The first-order valence-corrected chi connectivity index (χ1v) is 16.0. The number of benzene rings is 1. The number of halogens is 8. The second kappa shape index (κ2) is 14.3. The molecule has 3 aromatic heterocycles. The summed E-state index contributed by atoms with van der Waals surface area (Å²) in [5, 5.41) is 8.07. The fourth-order valence-corrected chi connectivity index (χ4v) is 6.75. The van der Waals surface area contributed by atoms with Gasteiger partial charge in [-0.3, -0.25) is 9.59 Å². The minimum absolute atomic E-state index is 0.0602. The Kier molecular flexibility index (Phi) is 10.6. The molecule has 2 amide bonds. The lowest BCUT2D eigenvalue weighted by atomic mass is 9.85. The molecule has 1 aromatic carbocycles. The molecule has 1 saturated carbocycles. The Hall–Kier alpha value is -3.20. The third-order valence-corrected chi connectivity index (χ3v) is 9.64. The molecule has 3 N–H and O–H groups in total.